The van der Waals surface area contributed by atoms with E-state index in [4.69, 9.17) is 14.2 Å². The molecule has 0 aliphatic carbocycles. The average molecular weight is 477 g/mol. The van der Waals surface area contributed by atoms with Crippen LogP contribution < -0.4 is 19.7 Å². The minimum atomic E-state index is -0.731. The maximum absolute atomic E-state index is 13.0. The van der Waals surface area contributed by atoms with Gasteiger partial charge in [-0.3, -0.25) is 14.4 Å². The molecule has 182 valence electrons. The Morgan fingerprint density at radius 3 is 2.17 bits per heavy atom. The van der Waals surface area contributed by atoms with Crippen molar-refractivity contribution in [2.75, 3.05) is 32.3 Å². The van der Waals surface area contributed by atoms with Gasteiger partial charge in [0.25, 0.3) is 11.8 Å². The van der Waals surface area contributed by atoms with Crippen molar-refractivity contribution in [2.45, 2.75) is 13.5 Å². The number of ether oxygens (including phenoxy) is 3. The van der Waals surface area contributed by atoms with Gasteiger partial charge in [-0.2, -0.15) is 0 Å². The first-order valence-electron chi connectivity index (χ1n) is 11.0. The summed E-state index contributed by atoms with van der Waals surface area (Å²) in [4.78, 5) is 39.3. The van der Waals surface area contributed by atoms with Crippen LogP contribution in [0.3, 0.4) is 0 Å². The van der Waals surface area contributed by atoms with E-state index in [0.717, 1.165) is 11.1 Å². The van der Waals surface area contributed by atoms with E-state index in [0.29, 0.717) is 23.7 Å². The van der Waals surface area contributed by atoms with Crippen molar-refractivity contribution in [3.63, 3.8) is 0 Å². The van der Waals surface area contributed by atoms with Gasteiger partial charge in [-0.25, -0.2) is 0 Å². The highest BCUT2D eigenvalue weighted by Crippen LogP contribution is 2.22. The Morgan fingerprint density at radius 1 is 0.857 bits per heavy atom. The molecular weight excluding hydrogens is 448 g/mol. The van der Waals surface area contributed by atoms with Crippen molar-refractivity contribution >= 4 is 23.5 Å². The lowest BCUT2D eigenvalue weighted by Gasteiger charge is -2.23. The number of anilines is 1. The molecule has 0 heterocycles. The van der Waals surface area contributed by atoms with Crippen molar-refractivity contribution in [1.82, 2.24) is 5.32 Å². The van der Waals surface area contributed by atoms with Crippen LogP contribution in [-0.4, -0.2) is 45.2 Å². The van der Waals surface area contributed by atoms with E-state index in [-0.39, 0.29) is 11.5 Å². The number of nitrogens with zero attached hydrogens (tertiary/aromatic N) is 1. The monoisotopic (exact) mass is 476 g/mol. The zero-order valence-electron chi connectivity index (χ0n) is 19.9. The van der Waals surface area contributed by atoms with Crippen molar-refractivity contribution in [3.8, 4) is 11.5 Å². The molecule has 1 N–H and O–H groups in total. The third-order valence-corrected chi connectivity index (χ3v) is 5.16. The van der Waals surface area contributed by atoms with Crippen LogP contribution in [0.4, 0.5) is 5.69 Å². The molecule has 0 unspecified atom stereocenters. The van der Waals surface area contributed by atoms with Gasteiger partial charge in [0.1, 0.15) is 18.0 Å². The molecule has 0 aliphatic heterocycles. The number of carbonyl (C=O) groups is 3. The molecule has 8 heteroatoms. The standard InChI is InChI=1S/C27H28N2O6/c1-19-8-7-11-22(12-19)29(17-20-9-5-4-6-10-20)25(30)18-35-26(31)16-28-27(32)21-13-23(33-2)15-24(14-21)34-3/h4-15H,16-18H2,1-3H3,(H,28,32). The first-order chi connectivity index (χ1) is 16.9. The molecule has 3 aromatic carbocycles. The number of amides is 2. The SMILES string of the molecule is COc1cc(OC)cc(C(=O)NCC(=O)OCC(=O)N(Cc2ccccc2)c2cccc(C)c2)c1. The van der Waals surface area contributed by atoms with Crippen molar-refractivity contribution in [2.24, 2.45) is 0 Å². The molecule has 2 amide bonds. The summed E-state index contributed by atoms with van der Waals surface area (Å²) in [6.07, 6.45) is 0. The number of nitrogens with one attached hydrogen (secondary N) is 1. The Balaban J connectivity index is 1.60. The summed E-state index contributed by atoms with van der Waals surface area (Å²) in [5.41, 5.74) is 2.91. The molecule has 0 aromatic heterocycles. The van der Waals surface area contributed by atoms with Crippen LogP contribution in [0.5, 0.6) is 11.5 Å². The number of carbonyl (C=O) groups excluding carboxylic acids is 3. The summed E-state index contributed by atoms with van der Waals surface area (Å²) >= 11 is 0. The zero-order valence-corrected chi connectivity index (χ0v) is 19.9. The summed E-state index contributed by atoms with van der Waals surface area (Å²) in [5, 5.41) is 2.48. The van der Waals surface area contributed by atoms with Gasteiger partial charge in [0.05, 0.1) is 20.8 Å². The molecule has 0 aliphatic rings. The highest BCUT2D eigenvalue weighted by molar-refractivity contribution is 5.97. The third kappa shape index (κ3) is 7.33. The van der Waals surface area contributed by atoms with Gasteiger partial charge >= 0.3 is 5.97 Å². The largest absolute Gasteiger partial charge is 0.497 e. The van der Waals surface area contributed by atoms with Crippen LogP contribution in [0.1, 0.15) is 21.5 Å². The van der Waals surface area contributed by atoms with Crippen molar-refractivity contribution in [1.29, 1.82) is 0 Å². The fourth-order valence-electron chi connectivity index (χ4n) is 3.35. The van der Waals surface area contributed by atoms with Gasteiger partial charge in [0.15, 0.2) is 6.61 Å². The first kappa shape index (κ1) is 25.3. The highest BCUT2D eigenvalue weighted by atomic mass is 16.5. The smallest absolute Gasteiger partial charge is 0.325 e. The van der Waals surface area contributed by atoms with Crippen LogP contribution in [-0.2, 0) is 20.9 Å². The number of benzene rings is 3. The van der Waals surface area contributed by atoms with E-state index in [1.807, 2.05) is 61.5 Å². The van der Waals surface area contributed by atoms with Crippen molar-refractivity contribution < 1.29 is 28.6 Å². The van der Waals surface area contributed by atoms with Crippen LogP contribution in [0.2, 0.25) is 0 Å². The lowest BCUT2D eigenvalue weighted by atomic mass is 10.1. The van der Waals surface area contributed by atoms with Gasteiger partial charge in [0, 0.05) is 17.3 Å². The lowest BCUT2D eigenvalue weighted by Crippen LogP contribution is -2.36. The molecule has 3 rings (SSSR count). The minimum absolute atomic E-state index is 0.263. The quantitative estimate of drug-likeness (QED) is 0.450. The minimum Gasteiger partial charge on any atom is -0.497 e. The predicted molar refractivity (Wildman–Crippen MR) is 132 cm³/mol. The fraction of sp³-hybridized carbons (Fsp3) is 0.222. The van der Waals surface area contributed by atoms with Gasteiger partial charge in [-0.1, -0.05) is 42.5 Å². The van der Waals surface area contributed by atoms with Gasteiger partial charge in [-0.15, -0.1) is 0 Å². The topological polar surface area (TPSA) is 94.2 Å². The second kappa shape index (κ2) is 12.2. The molecule has 3 aromatic rings. The Kier molecular flexibility index (Phi) is 8.83. The zero-order chi connectivity index (χ0) is 25.2. The summed E-state index contributed by atoms with van der Waals surface area (Å²) in [7, 11) is 2.95. The third-order valence-electron chi connectivity index (χ3n) is 5.16. The Bertz CT molecular complexity index is 1160. The number of hydrogen-bond acceptors (Lipinski definition) is 6. The van der Waals surface area contributed by atoms with E-state index < -0.39 is 25.0 Å². The summed E-state index contributed by atoms with van der Waals surface area (Å²) in [5.74, 6) is -0.729. The van der Waals surface area contributed by atoms with Crippen LogP contribution >= 0.6 is 0 Å². The van der Waals surface area contributed by atoms with Gasteiger partial charge < -0.3 is 24.4 Å². The van der Waals surface area contributed by atoms with Crippen molar-refractivity contribution in [3.05, 3.63) is 89.5 Å². The molecular formula is C27H28N2O6. The molecule has 0 spiro atoms. The maximum atomic E-state index is 13.0. The number of methoxy groups -OCH3 is 2. The summed E-state index contributed by atoms with van der Waals surface area (Å²) in [6, 6.07) is 21.8. The normalized spacial score (nSPS) is 10.3. The number of esters is 1. The predicted octanol–water partition coefficient (Wildman–Crippen LogP) is 3.52. The van der Waals surface area contributed by atoms with E-state index in [2.05, 4.69) is 5.32 Å². The van der Waals surface area contributed by atoms with E-state index in [1.165, 1.54) is 26.4 Å². The Labute approximate surface area is 204 Å². The average Bonchev–Trinajstić information content (AvgIpc) is 2.89. The summed E-state index contributed by atoms with van der Waals surface area (Å²) in [6.45, 7) is 1.42. The van der Waals surface area contributed by atoms with Gasteiger partial charge in [0.2, 0.25) is 0 Å². The molecule has 35 heavy (non-hydrogen) atoms. The van der Waals surface area contributed by atoms with Crippen LogP contribution in [0.15, 0.2) is 72.8 Å². The second-order valence-electron chi connectivity index (χ2n) is 7.75. The van der Waals surface area contributed by atoms with E-state index in [9.17, 15) is 14.4 Å². The van der Waals surface area contributed by atoms with Gasteiger partial charge in [-0.05, 0) is 42.3 Å². The number of hydrogen-bond donors (Lipinski definition) is 1. The van der Waals surface area contributed by atoms with E-state index in [1.54, 1.807) is 11.0 Å². The Morgan fingerprint density at radius 2 is 1.54 bits per heavy atom. The Hall–Kier alpha value is -4.33. The summed E-state index contributed by atoms with van der Waals surface area (Å²) < 4.78 is 15.5. The highest BCUT2D eigenvalue weighted by Gasteiger charge is 2.19. The molecule has 0 bridgehead atoms. The lowest BCUT2D eigenvalue weighted by molar-refractivity contribution is -0.146. The first-order valence-corrected chi connectivity index (χ1v) is 11.0. The maximum Gasteiger partial charge on any atom is 0.325 e. The van der Waals surface area contributed by atoms with E-state index >= 15 is 0 Å². The molecule has 0 radical (unpaired) electrons. The number of aryl methyl sites for hydroxylation is 1. The second-order valence-corrected chi connectivity index (χ2v) is 7.75. The molecule has 0 atom stereocenters. The molecule has 0 saturated carbocycles. The molecule has 0 fully saturated rings. The fourth-order valence-corrected chi connectivity index (χ4v) is 3.35. The number of rotatable bonds is 10. The van der Waals surface area contributed by atoms with Crippen LogP contribution in [0.25, 0.3) is 0 Å². The molecule has 8 nitrogen and oxygen atoms in total. The molecule has 0 saturated heterocycles. The van der Waals surface area contributed by atoms with Crippen LogP contribution in [0, 0.1) is 6.92 Å².